The molecule has 3 aliphatic heterocycles. The van der Waals surface area contributed by atoms with E-state index < -0.39 is 42.4 Å². The van der Waals surface area contributed by atoms with E-state index in [4.69, 9.17) is 23.9 Å². The van der Waals surface area contributed by atoms with Gasteiger partial charge in [-0.2, -0.15) is 0 Å². The van der Waals surface area contributed by atoms with Crippen molar-refractivity contribution < 1.29 is 33.5 Å². The van der Waals surface area contributed by atoms with E-state index in [1.165, 1.54) is 16.4 Å². The first-order valence-electron chi connectivity index (χ1n) is 12.8. The van der Waals surface area contributed by atoms with Crippen LogP contribution in [0.5, 0.6) is 0 Å². The van der Waals surface area contributed by atoms with E-state index in [-0.39, 0.29) is 17.6 Å². The third kappa shape index (κ3) is 3.84. The van der Waals surface area contributed by atoms with Gasteiger partial charge in [-0.1, -0.05) is 65.9 Å². The standard InChI is InChI=1S/C28H31NO7/c1-17(2)32-27(31)25-23-24-20(33-26(23)30)16-22(35-29(24)36-25)34-21-14-9-15-28(21,18-10-5-3-6-11-18)19-12-7-4-8-13-19/h3-8,10-13,17,20-25H,9,14-16H2,1-2H3/t20-,21+,22+,23-,24+,25-/m1/s1. The number of rotatable bonds is 6. The molecule has 1 saturated carbocycles. The quantitative estimate of drug-likeness (QED) is 0.564. The number of carbonyl (C=O) groups is 2. The van der Waals surface area contributed by atoms with E-state index in [2.05, 4.69) is 48.5 Å². The molecule has 0 unspecified atom stereocenters. The van der Waals surface area contributed by atoms with E-state index in [0.717, 1.165) is 19.3 Å². The largest absolute Gasteiger partial charge is 0.461 e. The number of hydrogen-bond acceptors (Lipinski definition) is 8. The Morgan fingerprint density at radius 1 is 1.03 bits per heavy atom. The van der Waals surface area contributed by atoms with Crippen LogP contribution in [0.4, 0.5) is 0 Å². The average Bonchev–Trinajstić information content (AvgIpc) is 3.56. The van der Waals surface area contributed by atoms with Gasteiger partial charge in [0.05, 0.1) is 12.2 Å². The molecule has 0 bridgehead atoms. The molecule has 3 saturated heterocycles. The van der Waals surface area contributed by atoms with Crippen molar-refractivity contribution in [3.05, 3.63) is 71.8 Å². The minimum absolute atomic E-state index is 0.152. The van der Waals surface area contributed by atoms with E-state index in [0.29, 0.717) is 6.42 Å². The lowest BCUT2D eigenvalue weighted by Gasteiger charge is -2.41. The van der Waals surface area contributed by atoms with Crippen molar-refractivity contribution >= 4 is 11.9 Å². The Morgan fingerprint density at radius 3 is 2.33 bits per heavy atom. The molecular formula is C28H31NO7. The molecule has 6 rings (SSSR count). The number of carbonyl (C=O) groups excluding carboxylic acids is 2. The summed E-state index contributed by atoms with van der Waals surface area (Å²) in [6, 6.07) is 20.4. The number of nitrogens with zero attached hydrogens (tertiary/aromatic N) is 1. The molecule has 1 aliphatic carbocycles. The molecule has 36 heavy (non-hydrogen) atoms. The van der Waals surface area contributed by atoms with Crippen molar-refractivity contribution in [2.24, 2.45) is 5.92 Å². The summed E-state index contributed by atoms with van der Waals surface area (Å²) < 4.78 is 17.7. The fraction of sp³-hybridized carbons (Fsp3) is 0.500. The molecule has 0 amide bonds. The van der Waals surface area contributed by atoms with Crippen LogP contribution in [-0.4, -0.2) is 53.9 Å². The Morgan fingerprint density at radius 2 is 1.69 bits per heavy atom. The van der Waals surface area contributed by atoms with Gasteiger partial charge in [-0.3, -0.25) is 9.63 Å². The SMILES string of the molecule is CC(C)OC(=O)[C@@H]1ON2O[C@H](O[C@H]3CCCC3(c3ccccc3)c3ccccc3)C[C@H]3OC(=O)[C@@H]1[C@H]32. The zero-order chi connectivity index (χ0) is 24.9. The summed E-state index contributed by atoms with van der Waals surface area (Å²) in [5, 5.41) is 1.25. The molecule has 2 aromatic rings. The fourth-order valence-corrected chi connectivity index (χ4v) is 6.33. The summed E-state index contributed by atoms with van der Waals surface area (Å²) in [6.45, 7) is 3.51. The summed E-state index contributed by atoms with van der Waals surface area (Å²) in [5.41, 5.74) is 2.08. The molecule has 0 radical (unpaired) electrons. The van der Waals surface area contributed by atoms with Gasteiger partial charge in [-0.25, -0.2) is 9.63 Å². The van der Waals surface area contributed by atoms with Gasteiger partial charge in [0.25, 0.3) is 0 Å². The molecule has 8 heteroatoms. The molecule has 0 aromatic heterocycles. The Hall–Kier alpha value is -2.78. The molecule has 0 spiro atoms. The molecular weight excluding hydrogens is 462 g/mol. The Labute approximate surface area is 210 Å². The summed E-state index contributed by atoms with van der Waals surface area (Å²) in [5.74, 6) is -1.83. The summed E-state index contributed by atoms with van der Waals surface area (Å²) in [6.07, 6.45) is 0.455. The van der Waals surface area contributed by atoms with Crippen LogP contribution in [0.15, 0.2) is 60.7 Å². The summed E-state index contributed by atoms with van der Waals surface area (Å²) in [4.78, 5) is 37.2. The highest BCUT2D eigenvalue weighted by molar-refractivity contribution is 5.86. The van der Waals surface area contributed by atoms with Crippen LogP contribution in [0.2, 0.25) is 0 Å². The Balaban J connectivity index is 1.26. The van der Waals surface area contributed by atoms with Crippen LogP contribution >= 0.6 is 0 Å². The molecule has 3 heterocycles. The second kappa shape index (κ2) is 9.27. The lowest BCUT2D eigenvalue weighted by molar-refractivity contribution is -0.446. The number of benzene rings is 2. The van der Waals surface area contributed by atoms with E-state index >= 15 is 0 Å². The van der Waals surface area contributed by atoms with Gasteiger partial charge < -0.3 is 14.2 Å². The normalized spacial score (nSPS) is 32.9. The van der Waals surface area contributed by atoms with Crippen LogP contribution < -0.4 is 0 Å². The smallest absolute Gasteiger partial charge is 0.338 e. The molecule has 190 valence electrons. The predicted molar refractivity (Wildman–Crippen MR) is 127 cm³/mol. The molecule has 4 fully saturated rings. The zero-order valence-corrected chi connectivity index (χ0v) is 20.4. The molecule has 4 aliphatic rings. The minimum Gasteiger partial charge on any atom is -0.461 e. The lowest BCUT2D eigenvalue weighted by atomic mass is 9.71. The van der Waals surface area contributed by atoms with Crippen molar-refractivity contribution in [1.82, 2.24) is 5.23 Å². The number of hydrogen-bond donors (Lipinski definition) is 0. The highest BCUT2D eigenvalue weighted by Gasteiger charge is 2.64. The van der Waals surface area contributed by atoms with Gasteiger partial charge in [0, 0.05) is 11.8 Å². The van der Waals surface area contributed by atoms with Gasteiger partial charge >= 0.3 is 11.9 Å². The predicted octanol–water partition coefficient (Wildman–Crippen LogP) is 3.68. The first-order valence-corrected chi connectivity index (χ1v) is 12.8. The monoisotopic (exact) mass is 493 g/mol. The zero-order valence-electron chi connectivity index (χ0n) is 20.4. The number of hydroxylamine groups is 2. The summed E-state index contributed by atoms with van der Waals surface area (Å²) >= 11 is 0. The lowest BCUT2D eigenvalue weighted by Crippen LogP contribution is -2.50. The fourth-order valence-electron chi connectivity index (χ4n) is 6.33. The minimum atomic E-state index is -1.09. The van der Waals surface area contributed by atoms with Gasteiger partial charge in [-0.05, 0) is 44.2 Å². The van der Waals surface area contributed by atoms with Crippen molar-refractivity contribution in [2.45, 2.75) is 81.7 Å². The van der Waals surface area contributed by atoms with Gasteiger partial charge in [0.15, 0.2) is 12.4 Å². The van der Waals surface area contributed by atoms with Crippen molar-refractivity contribution in [1.29, 1.82) is 0 Å². The molecule has 8 nitrogen and oxygen atoms in total. The first-order chi connectivity index (χ1) is 17.5. The van der Waals surface area contributed by atoms with Crippen LogP contribution in [0.3, 0.4) is 0 Å². The van der Waals surface area contributed by atoms with Gasteiger partial charge in [-0.15, -0.1) is 0 Å². The first kappa shape index (κ1) is 23.6. The van der Waals surface area contributed by atoms with Crippen LogP contribution in [-0.2, 0) is 38.9 Å². The van der Waals surface area contributed by atoms with Crippen LogP contribution in [0, 0.1) is 5.92 Å². The van der Waals surface area contributed by atoms with Crippen LogP contribution in [0.1, 0.15) is 50.7 Å². The highest BCUT2D eigenvalue weighted by Crippen LogP contribution is 2.50. The third-order valence-corrected chi connectivity index (χ3v) is 7.79. The van der Waals surface area contributed by atoms with Crippen molar-refractivity contribution in [2.75, 3.05) is 0 Å². The highest BCUT2D eigenvalue weighted by atomic mass is 17.0. The van der Waals surface area contributed by atoms with E-state index in [1.54, 1.807) is 13.8 Å². The Bertz CT molecular complexity index is 1070. The van der Waals surface area contributed by atoms with Gasteiger partial charge in [0.1, 0.15) is 18.1 Å². The van der Waals surface area contributed by atoms with Crippen molar-refractivity contribution in [3.63, 3.8) is 0 Å². The number of ether oxygens (including phenoxy) is 3. The van der Waals surface area contributed by atoms with Crippen molar-refractivity contribution in [3.8, 4) is 0 Å². The van der Waals surface area contributed by atoms with E-state index in [1.807, 2.05) is 12.1 Å². The third-order valence-electron chi connectivity index (χ3n) is 7.79. The topological polar surface area (TPSA) is 83.5 Å². The van der Waals surface area contributed by atoms with E-state index in [9.17, 15) is 9.59 Å². The second-order valence-corrected chi connectivity index (χ2v) is 10.3. The maximum Gasteiger partial charge on any atom is 0.338 e. The maximum absolute atomic E-state index is 12.7. The average molecular weight is 494 g/mol. The van der Waals surface area contributed by atoms with Gasteiger partial charge in [0.2, 0.25) is 0 Å². The molecule has 0 N–H and O–H groups in total. The maximum atomic E-state index is 12.7. The van der Waals surface area contributed by atoms with Crippen LogP contribution in [0.25, 0.3) is 0 Å². The molecule has 2 aromatic carbocycles. The second-order valence-electron chi connectivity index (χ2n) is 10.3. The number of esters is 2. The Kier molecular flexibility index (Phi) is 6.08. The molecule has 6 atom stereocenters. The summed E-state index contributed by atoms with van der Waals surface area (Å²) in [7, 11) is 0.